The molecule has 0 amide bonds. The first-order chi connectivity index (χ1) is 6.13. The van der Waals surface area contributed by atoms with Gasteiger partial charge in [0.15, 0.2) is 5.92 Å². The summed E-state index contributed by atoms with van der Waals surface area (Å²) in [6.45, 7) is 1.99. The Morgan fingerprint density at radius 1 is 1.54 bits per heavy atom. The first-order valence-corrected chi connectivity index (χ1v) is 4.23. The van der Waals surface area contributed by atoms with Gasteiger partial charge in [-0.25, -0.2) is 0 Å². The normalized spacial score (nSPS) is 12.2. The fraction of sp³-hybridized carbons (Fsp3) is 0.750. The molecule has 0 aromatic carbocycles. The van der Waals surface area contributed by atoms with Gasteiger partial charge in [0, 0.05) is 6.54 Å². The summed E-state index contributed by atoms with van der Waals surface area (Å²) in [4.78, 5) is 21.4. The third kappa shape index (κ3) is 4.47. The van der Waals surface area contributed by atoms with Crippen molar-refractivity contribution < 1.29 is 19.4 Å². The molecule has 1 unspecified atom stereocenters. The van der Waals surface area contributed by atoms with Crippen LogP contribution in [-0.2, 0) is 14.3 Å². The summed E-state index contributed by atoms with van der Waals surface area (Å²) in [5.74, 6) is -3.20. The zero-order valence-corrected chi connectivity index (χ0v) is 7.66. The van der Waals surface area contributed by atoms with Crippen LogP contribution >= 0.6 is 0 Å². The molecule has 0 aromatic heterocycles. The van der Waals surface area contributed by atoms with Crippen LogP contribution in [0.1, 0.15) is 19.8 Å². The Kier molecular flexibility index (Phi) is 5.88. The minimum atomic E-state index is -1.23. The molecule has 1 atom stereocenters. The molecule has 0 saturated carbocycles. The van der Waals surface area contributed by atoms with Crippen molar-refractivity contribution in [3.8, 4) is 0 Å². The van der Waals surface area contributed by atoms with Crippen molar-refractivity contribution in [2.45, 2.75) is 19.8 Å². The number of ether oxygens (including phenoxy) is 1. The third-order valence-electron chi connectivity index (χ3n) is 1.56. The van der Waals surface area contributed by atoms with E-state index in [1.54, 1.807) is 0 Å². The van der Waals surface area contributed by atoms with Crippen LogP contribution in [0.5, 0.6) is 0 Å². The number of nitrogens with two attached hydrogens (primary N) is 1. The van der Waals surface area contributed by atoms with Gasteiger partial charge in [-0.3, -0.25) is 9.59 Å². The zero-order chi connectivity index (χ0) is 10.3. The van der Waals surface area contributed by atoms with Crippen molar-refractivity contribution in [3.05, 3.63) is 0 Å². The molecule has 0 saturated heterocycles. The van der Waals surface area contributed by atoms with E-state index in [0.717, 1.165) is 12.8 Å². The minimum Gasteiger partial charge on any atom is -0.481 e. The topological polar surface area (TPSA) is 89.6 Å². The smallest absolute Gasteiger partial charge is 0.321 e. The lowest BCUT2D eigenvalue weighted by molar-refractivity contribution is -0.158. The maximum Gasteiger partial charge on any atom is 0.321 e. The van der Waals surface area contributed by atoms with E-state index in [1.165, 1.54) is 0 Å². The Morgan fingerprint density at radius 3 is 2.54 bits per heavy atom. The summed E-state index contributed by atoms with van der Waals surface area (Å²) in [6.07, 6.45) is 1.64. The number of carbonyl (C=O) groups is 2. The summed E-state index contributed by atoms with van der Waals surface area (Å²) in [5, 5.41) is 8.52. The van der Waals surface area contributed by atoms with Crippen LogP contribution in [0, 0.1) is 5.92 Å². The number of carbonyl (C=O) groups excluding carboxylic acids is 1. The molecule has 0 heterocycles. The van der Waals surface area contributed by atoms with Crippen molar-refractivity contribution in [3.63, 3.8) is 0 Å². The SMILES string of the molecule is CCCCOC(=O)C(CN)C(=O)O. The van der Waals surface area contributed by atoms with Gasteiger partial charge in [-0.15, -0.1) is 0 Å². The van der Waals surface area contributed by atoms with Crippen LogP contribution < -0.4 is 5.73 Å². The number of carboxylic acids is 1. The van der Waals surface area contributed by atoms with E-state index in [1.807, 2.05) is 6.92 Å². The fourth-order valence-corrected chi connectivity index (χ4v) is 0.716. The summed E-state index contributed by atoms with van der Waals surface area (Å²) in [6, 6.07) is 0. The Labute approximate surface area is 76.9 Å². The van der Waals surface area contributed by atoms with Crippen LogP contribution in [0.15, 0.2) is 0 Å². The molecule has 13 heavy (non-hydrogen) atoms. The van der Waals surface area contributed by atoms with Gasteiger partial charge in [-0.1, -0.05) is 13.3 Å². The fourth-order valence-electron chi connectivity index (χ4n) is 0.716. The van der Waals surface area contributed by atoms with E-state index in [2.05, 4.69) is 0 Å². The van der Waals surface area contributed by atoms with Gasteiger partial charge in [0.25, 0.3) is 0 Å². The van der Waals surface area contributed by atoms with Gasteiger partial charge in [0.05, 0.1) is 6.61 Å². The monoisotopic (exact) mass is 189 g/mol. The van der Waals surface area contributed by atoms with Crippen LogP contribution in [-0.4, -0.2) is 30.2 Å². The van der Waals surface area contributed by atoms with Crippen molar-refractivity contribution in [2.75, 3.05) is 13.2 Å². The molecule has 0 spiro atoms. The molecule has 0 aromatic rings. The van der Waals surface area contributed by atoms with Gasteiger partial charge in [-0.05, 0) is 6.42 Å². The molecule has 0 aliphatic heterocycles. The average molecular weight is 189 g/mol. The Morgan fingerprint density at radius 2 is 2.15 bits per heavy atom. The number of esters is 1. The Bertz CT molecular complexity index is 181. The second-order valence-corrected chi connectivity index (χ2v) is 2.65. The Balaban J connectivity index is 3.85. The van der Waals surface area contributed by atoms with Crippen LogP contribution in [0.2, 0.25) is 0 Å². The highest BCUT2D eigenvalue weighted by atomic mass is 16.5. The molecule has 0 bridgehead atoms. The standard InChI is InChI=1S/C8H15NO4/c1-2-3-4-13-8(12)6(5-9)7(10)11/h6H,2-5,9H2,1H3,(H,10,11). The maximum absolute atomic E-state index is 11.0. The lowest BCUT2D eigenvalue weighted by Gasteiger charge is -2.08. The van der Waals surface area contributed by atoms with Gasteiger partial charge >= 0.3 is 11.9 Å². The molecule has 0 aliphatic rings. The molecule has 76 valence electrons. The summed E-state index contributed by atoms with van der Waals surface area (Å²) < 4.78 is 4.70. The second-order valence-electron chi connectivity index (χ2n) is 2.65. The molecular weight excluding hydrogens is 174 g/mol. The van der Waals surface area contributed by atoms with E-state index < -0.39 is 17.9 Å². The molecule has 0 fully saturated rings. The van der Waals surface area contributed by atoms with E-state index in [9.17, 15) is 9.59 Å². The van der Waals surface area contributed by atoms with E-state index >= 15 is 0 Å². The lowest BCUT2D eigenvalue weighted by atomic mass is 10.1. The van der Waals surface area contributed by atoms with Gasteiger partial charge in [0.1, 0.15) is 0 Å². The predicted octanol–water partition coefficient (Wildman–Crippen LogP) is -0.0108. The number of aliphatic carboxylic acids is 1. The number of carboxylic acid groups (broad SMARTS) is 1. The average Bonchev–Trinajstić information content (AvgIpc) is 2.05. The zero-order valence-electron chi connectivity index (χ0n) is 7.66. The van der Waals surface area contributed by atoms with Gasteiger partial charge in [0.2, 0.25) is 0 Å². The van der Waals surface area contributed by atoms with E-state index in [4.69, 9.17) is 15.6 Å². The highest BCUT2D eigenvalue weighted by Crippen LogP contribution is 1.99. The van der Waals surface area contributed by atoms with Crippen LogP contribution in [0.4, 0.5) is 0 Å². The third-order valence-corrected chi connectivity index (χ3v) is 1.56. The molecule has 0 rings (SSSR count). The van der Waals surface area contributed by atoms with Gasteiger partial charge < -0.3 is 15.6 Å². The lowest BCUT2D eigenvalue weighted by Crippen LogP contribution is -2.32. The second kappa shape index (κ2) is 6.42. The van der Waals surface area contributed by atoms with Crippen molar-refractivity contribution in [1.82, 2.24) is 0 Å². The molecule has 0 aliphatic carbocycles. The highest BCUT2D eigenvalue weighted by Gasteiger charge is 2.25. The number of unbranched alkanes of at least 4 members (excludes halogenated alkanes) is 1. The Hall–Kier alpha value is -1.10. The van der Waals surface area contributed by atoms with Gasteiger partial charge in [-0.2, -0.15) is 0 Å². The molecular formula is C8H15NO4. The summed E-state index contributed by atoms with van der Waals surface area (Å²) >= 11 is 0. The molecule has 0 radical (unpaired) electrons. The molecule has 5 nitrogen and oxygen atoms in total. The molecule has 3 N–H and O–H groups in total. The van der Waals surface area contributed by atoms with Crippen LogP contribution in [0.25, 0.3) is 0 Å². The largest absolute Gasteiger partial charge is 0.481 e. The first-order valence-electron chi connectivity index (χ1n) is 4.23. The number of hydrogen-bond donors (Lipinski definition) is 2. The summed E-state index contributed by atoms with van der Waals surface area (Å²) in [5.41, 5.74) is 5.10. The first kappa shape index (κ1) is 11.9. The summed E-state index contributed by atoms with van der Waals surface area (Å²) in [7, 11) is 0. The van der Waals surface area contributed by atoms with Crippen LogP contribution in [0.3, 0.4) is 0 Å². The van der Waals surface area contributed by atoms with E-state index in [-0.39, 0.29) is 13.2 Å². The van der Waals surface area contributed by atoms with E-state index in [0.29, 0.717) is 0 Å². The highest BCUT2D eigenvalue weighted by molar-refractivity contribution is 5.94. The van der Waals surface area contributed by atoms with Crippen molar-refractivity contribution >= 4 is 11.9 Å². The number of hydrogen-bond acceptors (Lipinski definition) is 4. The van der Waals surface area contributed by atoms with Crippen molar-refractivity contribution in [2.24, 2.45) is 11.7 Å². The van der Waals surface area contributed by atoms with Crippen molar-refractivity contribution in [1.29, 1.82) is 0 Å². The minimum absolute atomic E-state index is 0.222. The maximum atomic E-state index is 11.0. The predicted molar refractivity (Wildman–Crippen MR) is 46.0 cm³/mol. The number of rotatable bonds is 6. The quantitative estimate of drug-likeness (QED) is 0.348. The molecule has 5 heteroatoms.